The molecule has 0 bridgehead atoms. The molecule has 0 radical (unpaired) electrons. The summed E-state index contributed by atoms with van der Waals surface area (Å²) in [7, 11) is 2.19. The first-order chi connectivity index (χ1) is 15.1. The monoisotopic (exact) mass is 419 g/mol. The fraction of sp³-hybridized carbons (Fsp3) is 0.480. The molecule has 3 heterocycles. The van der Waals surface area contributed by atoms with Gasteiger partial charge in [0.15, 0.2) is 0 Å². The Balaban J connectivity index is 1.30. The van der Waals surface area contributed by atoms with E-state index in [2.05, 4.69) is 75.9 Å². The second-order valence-electron chi connectivity index (χ2n) is 9.26. The number of hydrogen-bond donors (Lipinski definition) is 2. The lowest BCUT2D eigenvalue weighted by atomic mass is 9.84. The number of carbonyl (C=O) groups is 1. The number of piperazine rings is 1. The molecule has 5 rings (SSSR count). The molecule has 0 saturated carbocycles. The van der Waals surface area contributed by atoms with Crippen molar-refractivity contribution in [2.75, 3.05) is 44.7 Å². The lowest BCUT2D eigenvalue weighted by molar-refractivity contribution is -0.138. The number of piperidine rings is 1. The summed E-state index contributed by atoms with van der Waals surface area (Å²) in [5.41, 5.74) is 10.7. The Morgan fingerprint density at radius 2 is 1.65 bits per heavy atom. The van der Waals surface area contributed by atoms with E-state index in [4.69, 9.17) is 0 Å². The molecular weight excluding hydrogens is 386 g/mol. The third-order valence-corrected chi connectivity index (χ3v) is 7.36. The highest BCUT2D eigenvalue weighted by Crippen LogP contribution is 2.37. The van der Waals surface area contributed by atoms with Gasteiger partial charge in [-0.25, -0.2) is 5.43 Å². The Kier molecular flexibility index (Phi) is 5.69. The Bertz CT molecular complexity index is 894. The molecule has 0 aliphatic carbocycles. The number of hydrazine groups is 1. The summed E-state index contributed by atoms with van der Waals surface area (Å²) in [5, 5.41) is 0. The summed E-state index contributed by atoms with van der Waals surface area (Å²) in [6.07, 6.45) is 0.546. The lowest BCUT2D eigenvalue weighted by Crippen LogP contribution is -2.49. The summed E-state index contributed by atoms with van der Waals surface area (Å²) in [6.45, 7) is 7.30. The van der Waals surface area contributed by atoms with E-state index in [1.54, 1.807) is 0 Å². The van der Waals surface area contributed by atoms with Gasteiger partial charge >= 0.3 is 0 Å². The van der Waals surface area contributed by atoms with Crippen LogP contribution in [0.3, 0.4) is 0 Å². The van der Waals surface area contributed by atoms with Crippen molar-refractivity contribution in [3.63, 3.8) is 0 Å². The van der Waals surface area contributed by atoms with Crippen LogP contribution in [0.25, 0.3) is 0 Å². The molecule has 4 unspecified atom stereocenters. The van der Waals surface area contributed by atoms with Gasteiger partial charge in [0.2, 0.25) is 5.91 Å². The predicted octanol–water partition coefficient (Wildman–Crippen LogP) is 2.57. The Morgan fingerprint density at radius 3 is 2.35 bits per heavy atom. The maximum atomic E-state index is 12.9. The first-order valence-electron chi connectivity index (χ1n) is 11.5. The highest BCUT2D eigenvalue weighted by Gasteiger charge is 2.44. The minimum Gasteiger partial charge on any atom is -0.369 e. The van der Waals surface area contributed by atoms with Crippen LogP contribution in [0, 0.1) is 5.92 Å². The first-order valence-corrected chi connectivity index (χ1v) is 11.5. The molecule has 3 saturated heterocycles. The maximum Gasteiger partial charge on any atom is 0.224 e. The number of amides is 1. The van der Waals surface area contributed by atoms with Crippen LogP contribution in [0.5, 0.6) is 0 Å². The van der Waals surface area contributed by atoms with E-state index >= 15 is 0 Å². The molecule has 3 fully saturated rings. The van der Waals surface area contributed by atoms with Crippen LogP contribution >= 0.6 is 0 Å². The molecule has 31 heavy (non-hydrogen) atoms. The van der Waals surface area contributed by atoms with Gasteiger partial charge in [-0.05, 0) is 37.2 Å². The van der Waals surface area contributed by atoms with Crippen LogP contribution in [0.2, 0.25) is 0 Å². The quantitative estimate of drug-likeness (QED) is 0.798. The minimum atomic E-state index is 0.0931. The van der Waals surface area contributed by atoms with Crippen LogP contribution in [0.4, 0.5) is 5.69 Å². The van der Waals surface area contributed by atoms with Gasteiger partial charge < -0.3 is 14.7 Å². The van der Waals surface area contributed by atoms with Gasteiger partial charge in [-0.15, -0.1) is 0 Å². The average Bonchev–Trinajstić information content (AvgIpc) is 3.22. The molecule has 2 aromatic carbocycles. The van der Waals surface area contributed by atoms with Crippen molar-refractivity contribution < 1.29 is 4.79 Å². The number of nitrogens with one attached hydrogen (secondary N) is 2. The van der Waals surface area contributed by atoms with E-state index in [1.165, 1.54) is 16.8 Å². The average molecular weight is 420 g/mol. The summed E-state index contributed by atoms with van der Waals surface area (Å²) >= 11 is 0. The normalized spacial score (nSPS) is 27.9. The van der Waals surface area contributed by atoms with Gasteiger partial charge in [0.25, 0.3) is 0 Å². The van der Waals surface area contributed by atoms with E-state index in [-0.39, 0.29) is 24.0 Å². The van der Waals surface area contributed by atoms with Crippen molar-refractivity contribution in [2.45, 2.75) is 31.5 Å². The van der Waals surface area contributed by atoms with Crippen LogP contribution in [0.15, 0.2) is 54.6 Å². The van der Waals surface area contributed by atoms with Gasteiger partial charge in [-0.3, -0.25) is 10.2 Å². The molecule has 2 N–H and O–H groups in total. The lowest BCUT2D eigenvalue weighted by Gasteiger charge is -2.39. The van der Waals surface area contributed by atoms with Crippen molar-refractivity contribution in [3.05, 3.63) is 65.7 Å². The molecule has 3 aliphatic heterocycles. The number of nitrogens with zero attached hydrogens (tertiary/aromatic N) is 3. The zero-order valence-corrected chi connectivity index (χ0v) is 18.5. The van der Waals surface area contributed by atoms with Crippen molar-refractivity contribution in [1.29, 1.82) is 0 Å². The van der Waals surface area contributed by atoms with Crippen molar-refractivity contribution in [2.24, 2.45) is 5.92 Å². The van der Waals surface area contributed by atoms with Crippen LogP contribution in [0.1, 0.15) is 36.6 Å². The molecule has 0 spiro atoms. The van der Waals surface area contributed by atoms with Gasteiger partial charge in [0, 0.05) is 56.8 Å². The van der Waals surface area contributed by atoms with Crippen molar-refractivity contribution >= 4 is 11.6 Å². The third-order valence-electron chi connectivity index (χ3n) is 7.36. The number of anilines is 1. The maximum absolute atomic E-state index is 12.9. The fourth-order valence-electron chi connectivity index (χ4n) is 5.29. The van der Waals surface area contributed by atoms with Gasteiger partial charge in [-0.1, -0.05) is 42.5 Å². The van der Waals surface area contributed by atoms with E-state index in [1.807, 2.05) is 18.2 Å². The molecule has 4 atom stereocenters. The summed E-state index contributed by atoms with van der Waals surface area (Å²) in [5.74, 6) is 0.594. The number of hydrogen-bond acceptors (Lipinski definition) is 5. The Morgan fingerprint density at radius 1 is 0.935 bits per heavy atom. The predicted molar refractivity (Wildman–Crippen MR) is 124 cm³/mol. The number of carbonyl (C=O) groups excluding carboxylic acids is 1. The number of fused-ring (bicyclic) bond motifs is 1. The van der Waals surface area contributed by atoms with E-state index in [9.17, 15) is 4.79 Å². The van der Waals surface area contributed by atoms with E-state index < -0.39 is 0 Å². The molecule has 3 aliphatic rings. The number of likely N-dealkylation sites (tertiary alicyclic amines) is 1. The summed E-state index contributed by atoms with van der Waals surface area (Å²) in [4.78, 5) is 19.8. The Labute approximate surface area is 185 Å². The van der Waals surface area contributed by atoms with E-state index in [0.717, 1.165) is 32.7 Å². The van der Waals surface area contributed by atoms with Gasteiger partial charge in [0.1, 0.15) is 0 Å². The standard InChI is InChI=1S/C25H33N5O/c1-18(19-6-4-3-5-7-19)30-17-22-23(16-24(30)31)26-27-25(22)20-8-10-21(11-9-20)29-14-12-28(2)13-15-29/h3-11,18,22-23,25-27H,12-17H2,1-2H3. The summed E-state index contributed by atoms with van der Waals surface area (Å²) in [6, 6.07) is 19.9. The fourth-order valence-corrected chi connectivity index (χ4v) is 5.29. The second-order valence-corrected chi connectivity index (χ2v) is 9.26. The van der Waals surface area contributed by atoms with Crippen LogP contribution < -0.4 is 15.8 Å². The topological polar surface area (TPSA) is 50.9 Å². The zero-order valence-electron chi connectivity index (χ0n) is 18.5. The summed E-state index contributed by atoms with van der Waals surface area (Å²) < 4.78 is 0. The number of likely N-dealkylation sites (N-methyl/N-ethyl adjacent to an activating group) is 1. The molecule has 164 valence electrons. The highest BCUT2D eigenvalue weighted by molar-refractivity contribution is 5.78. The van der Waals surface area contributed by atoms with Gasteiger partial charge in [-0.2, -0.15) is 0 Å². The molecule has 6 heteroatoms. The number of rotatable bonds is 4. The smallest absolute Gasteiger partial charge is 0.224 e. The van der Waals surface area contributed by atoms with Crippen molar-refractivity contribution in [1.82, 2.24) is 20.7 Å². The van der Waals surface area contributed by atoms with E-state index in [0.29, 0.717) is 12.3 Å². The van der Waals surface area contributed by atoms with Gasteiger partial charge in [0.05, 0.1) is 12.1 Å². The second kappa shape index (κ2) is 8.61. The number of benzene rings is 2. The highest BCUT2D eigenvalue weighted by atomic mass is 16.2. The van der Waals surface area contributed by atoms with Crippen LogP contribution in [-0.2, 0) is 4.79 Å². The molecule has 2 aromatic rings. The first kappa shape index (κ1) is 20.5. The zero-order chi connectivity index (χ0) is 21.4. The molecule has 6 nitrogen and oxygen atoms in total. The molecule has 0 aromatic heterocycles. The largest absolute Gasteiger partial charge is 0.369 e. The Hall–Kier alpha value is -2.41. The third kappa shape index (κ3) is 4.07. The molecule has 1 amide bonds. The SMILES string of the molecule is CC(c1ccccc1)N1CC2C(CC1=O)NNC2c1ccc(N2CCN(C)CC2)cc1. The minimum absolute atomic E-state index is 0.0931. The van der Waals surface area contributed by atoms with Crippen LogP contribution in [-0.4, -0.2) is 61.5 Å². The molecular formula is C25H33N5O. The van der Waals surface area contributed by atoms with Crippen molar-refractivity contribution in [3.8, 4) is 0 Å².